The van der Waals surface area contributed by atoms with E-state index in [0.29, 0.717) is 0 Å². The number of rotatable bonds is 4. The Morgan fingerprint density at radius 2 is 1.04 bits per heavy atom. The van der Waals surface area contributed by atoms with E-state index in [1.807, 2.05) is 0 Å². The van der Waals surface area contributed by atoms with E-state index >= 15 is 0 Å². The minimum atomic E-state index is -0.626. The third kappa shape index (κ3) is 4.27. The molecule has 0 radical (unpaired) electrons. The summed E-state index contributed by atoms with van der Waals surface area (Å²) in [6.45, 7) is 0. The van der Waals surface area contributed by atoms with Crippen molar-refractivity contribution >= 4 is 38.6 Å². The van der Waals surface area contributed by atoms with Crippen LogP contribution >= 0.6 is 0 Å². The predicted octanol–water partition coefficient (Wildman–Crippen LogP) is 13.6. The van der Waals surface area contributed by atoms with Crippen molar-refractivity contribution in [2.45, 2.75) is 5.41 Å². The second-order valence-electron chi connectivity index (χ2n) is 14.0. The van der Waals surface area contributed by atoms with Crippen molar-refractivity contribution in [3.8, 4) is 33.8 Å². The third-order valence-corrected chi connectivity index (χ3v) is 11.3. The normalized spacial score (nSPS) is 15.0. The molecule has 1 spiro atoms. The highest BCUT2D eigenvalue weighted by Gasteiger charge is 2.49. The fourth-order valence-corrected chi connectivity index (χ4v) is 9.18. The minimum absolute atomic E-state index is 0.626. The number of anilines is 3. The van der Waals surface area contributed by atoms with Crippen molar-refractivity contribution < 1.29 is 4.74 Å². The summed E-state index contributed by atoms with van der Waals surface area (Å²) in [5.41, 5.74) is 12.4. The standard InChI is InChI=1S/C51H33NO/c1-3-16-36(17-4-1)50-39-22-8-7-15-34(39)29-31-46(50)52(37-20-5-2-6-21-37)38-30-32-48-45(33-38)51(43-26-11-12-28-47(43)53-48)42-25-10-9-23-40(42)41-24-13-18-35-19-14-27-44(51)49(35)41/h1-33H. The van der Waals surface area contributed by atoms with Crippen LogP contribution in [0.1, 0.15) is 22.3 Å². The summed E-state index contributed by atoms with van der Waals surface area (Å²) in [6.07, 6.45) is 0. The average Bonchev–Trinajstić information content (AvgIpc) is 3.23. The maximum absolute atomic E-state index is 6.88. The van der Waals surface area contributed by atoms with Crippen molar-refractivity contribution in [2.24, 2.45) is 0 Å². The van der Waals surface area contributed by atoms with Crippen LogP contribution in [-0.4, -0.2) is 0 Å². The molecular weight excluding hydrogens is 643 g/mol. The van der Waals surface area contributed by atoms with E-state index in [9.17, 15) is 0 Å². The first-order chi connectivity index (χ1) is 26.3. The summed E-state index contributed by atoms with van der Waals surface area (Å²) in [6, 6.07) is 72.7. The van der Waals surface area contributed by atoms with E-state index in [-0.39, 0.29) is 0 Å². The Kier molecular flexibility index (Phi) is 6.50. The monoisotopic (exact) mass is 675 g/mol. The van der Waals surface area contributed by atoms with Gasteiger partial charge in [0.15, 0.2) is 0 Å². The maximum Gasteiger partial charge on any atom is 0.132 e. The second kappa shape index (κ2) is 11.6. The Hall–Kier alpha value is -6.90. The van der Waals surface area contributed by atoms with Gasteiger partial charge in [0.1, 0.15) is 11.5 Å². The minimum Gasteiger partial charge on any atom is -0.457 e. The lowest BCUT2D eigenvalue weighted by Crippen LogP contribution is -2.36. The Morgan fingerprint density at radius 1 is 0.396 bits per heavy atom. The van der Waals surface area contributed by atoms with Crippen LogP contribution in [0, 0.1) is 0 Å². The molecular formula is C51H33NO. The molecule has 9 aromatic carbocycles. The fraction of sp³-hybridized carbons (Fsp3) is 0.0196. The number of hydrogen-bond donors (Lipinski definition) is 0. The molecule has 0 bridgehead atoms. The smallest absolute Gasteiger partial charge is 0.132 e. The van der Waals surface area contributed by atoms with Crippen LogP contribution in [0.3, 0.4) is 0 Å². The molecule has 1 aliphatic heterocycles. The zero-order valence-electron chi connectivity index (χ0n) is 28.9. The van der Waals surface area contributed by atoms with Crippen molar-refractivity contribution in [3.05, 3.63) is 222 Å². The van der Waals surface area contributed by atoms with Crippen molar-refractivity contribution in [3.63, 3.8) is 0 Å². The van der Waals surface area contributed by atoms with E-state index in [0.717, 1.165) is 39.7 Å². The van der Waals surface area contributed by atoms with E-state index in [4.69, 9.17) is 4.74 Å². The molecule has 0 saturated heterocycles. The molecule has 0 N–H and O–H groups in total. The summed E-state index contributed by atoms with van der Waals surface area (Å²) in [7, 11) is 0. The molecule has 1 aliphatic carbocycles. The van der Waals surface area contributed by atoms with Gasteiger partial charge in [-0.2, -0.15) is 0 Å². The molecule has 9 aromatic rings. The molecule has 0 aromatic heterocycles. The van der Waals surface area contributed by atoms with E-state index in [1.165, 1.54) is 54.9 Å². The van der Waals surface area contributed by atoms with Gasteiger partial charge in [0, 0.05) is 28.1 Å². The van der Waals surface area contributed by atoms with Crippen LogP contribution in [-0.2, 0) is 5.41 Å². The first-order valence-corrected chi connectivity index (χ1v) is 18.3. The number of nitrogens with zero attached hydrogens (tertiary/aromatic N) is 1. The number of hydrogen-bond acceptors (Lipinski definition) is 2. The zero-order valence-corrected chi connectivity index (χ0v) is 28.9. The Morgan fingerprint density at radius 3 is 1.91 bits per heavy atom. The number of para-hydroxylation sites is 2. The van der Waals surface area contributed by atoms with E-state index in [1.54, 1.807) is 0 Å². The van der Waals surface area contributed by atoms with Gasteiger partial charge >= 0.3 is 0 Å². The lowest BCUT2D eigenvalue weighted by Gasteiger charge is -2.45. The largest absolute Gasteiger partial charge is 0.457 e. The molecule has 53 heavy (non-hydrogen) atoms. The lowest BCUT2D eigenvalue weighted by atomic mass is 9.58. The third-order valence-electron chi connectivity index (χ3n) is 11.3. The van der Waals surface area contributed by atoms with Crippen molar-refractivity contribution in [1.82, 2.24) is 0 Å². The molecule has 2 aliphatic rings. The molecule has 2 heteroatoms. The first-order valence-electron chi connectivity index (χ1n) is 18.3. The molecule has 1 unspecified atom stereocenters. The Labute approximate surface area is 308 Å². The molecule has 0 saturated carbocycles. The SMILES string of the molecule is c1ccc(-c2c(N(c3ccccc3)c3ccc4c(c3)C3(c5ccccc5O4)c4ccccc4-c4cccc5cccc3c45)ccc3ccccc23)cc1. The molecule has 0 amide bonds. The second-order valence-corrected chi connectivity index (χ2v) is 14.0. The van der Waals surface area contributed by atoms with Gasteiger partial charge in [0.05, 0.1) is 11.1 Å². The van der Waals surface area contributed by atoms with Gasteiger partial charge in [0.2, 0.25) is 0 Å². The van der Waals surface area contributed by atoms with E-state index < -0.39 is 5.41 Å². The molecule has 2 nitrogen and oxygen atoms in total. The Bertz CT molecular complexity index is 2870. The zero-order chi connectivity index (χ0) is 34.9. The summed E-state index contributed by atoms with van der Waals surface area (Å²) in [4.78, 5) is 2.42. The van der Waals surface area contributed by atoms with Crippen LogP contribution in [0.2, 0.25) is 0 Å². The van der Waals surface area contributed by atoms with Crippen LogP contribution < -0.4 is 9.64 Å². The molecule has 0 fully saturated rings. The van der Waals surface area contributed by atoms with Crippen molar-refractivity contribution in [2.75, 3.05) is 4.90 Å². The average molecular weight is 676 g/mol. The van der Waals surface area contributed by atoms with Gasteiger partial charge < -0.3 is 9.64 Å². The maximum atomic E-state index is 6.88. The highest BCUT2D eigenvalue weighted by atomic mass is 16.5. The van der Waals surface area contributed by atoms with Gasteiger partial charge in [-0.05, 0) is 91.8 Å². The van der Waals surface area contributed by atoms with Crippen LogP contribution in [0.25, 0.3) is 43.8 Å². The molecule has 1 atom stereocenters. The predicted molar refractivity (Wildman–Crippen MR) is 219 cm³/mol. The van der Waals surface area contributed by atoms with E-state index in [2.05, 4.69) is 205 Å². The fourth-order valence-electron chi connectivity index (χ4n) is 9.18. The summed E-state index contributed by atoms with van der Waals surface area (Å²) in [5.74, 6) is 1.76. The summed E-state index contributed by atoms with van der Waals surface area (Å²) < 4.78 is 6.88. The highest BCUT2D eigenvalue weighted by molar-refractivity contribution is 6.07. The number of ether oxygens (including phenoxy) is 1. The lowest BCUT2D eigenvalue weighted by molar-refractivity contribution is 0.435. The molecule has 1 heterocycles. The van der Waals surface area contributed by atoms with Crippen molar-refractivity contribution in [1.29, 1.82) is 0 Å². The topological polar surface area (TPSA) is 12.5 Å². The van der Waals surface area contributed by atoms with Gasteiger partial charge in [-0.3, -0.25) is 0 Å². The highest BCUT2D eigenvalue weighted by Crippen LogP contribution is 2.62. The van der Waals surface area contributed by atoms with Gasteiger partial charge in [-0.25, -0.2) is 0 Å². The summed E-state index contributed by atoms with van der Waals surface area (Å²) in [5, 5.41) is 4.96. The first kappa shape index (κ1) is 29.8. The quantitative estimate of drug-likeness (QED) is 0.184. The van der Waals surface area contributed by atoms with Gasteiger partial charge in [-0.15, -0.1) is 0 Å². The molecule has 11 rings (SSSR count). The number of fused-ring (bicyclic) bond motifs is 9. The van der Waals surface area contributed by atoms with Crippen LogP contribution in [0.5, 0.6) is 11.5 Å². The Balaban J connectivity index is 1.25. The van der Waals surface area contributed by atoms with Crippen LogP contribution in [0.4, 0.5) is 17.1 Å². The molecule has 248 valence electrons. The van der Waals surface area contributed by atoms with Gasteiger partial charge in [-0.1, -0.05) is 158 Å². The van der Waals surface area contributed by atoms with Crippen LogP contribution in [0.15, 0.2) is 200 Å². The summed E-state index contributed by atoms with van der Waals surface area (Å²) >= 11 is 0. The number of benzene rings is 9. The van der Waals surface area contributed by atoms with Gasteiger partial charge in [0.25, 0.3) is 0 Å².